The fourth-order valence-electron chi connectivity index (χ4n) is 0. The maximum atomic E-state index is 4.90. The Morgan fingerprint density at radius 1 is 1.14 bits per heavy atom. The molecule has 0 amide bonds. The first-order chi connectivity index (χ1) is 3.15. The lowest BCUT2D eigenvalue weighted by atomic mass is 10.3. The summed E-state index contributed by atoms with van der Waals surface area (Å²) in [6, 6.07) is 0. The zero-order valence-electron chi connectivity index (χ0n) is 5.04. The first-order valence-corrected chi connectivity index (χ1v) is 6.54. The molecule has 0 bridgehead atoms. The van der Waals surface area contributed by atoms with E-state index < -0.39 is 13.4 Å². The molecule has 0 spiro atoms. The maximum Gasteiger partial charge on any atom is 0.499 e. The molecule has 0 aliphatic carbocycles. The summed E-state index contributed by atoms with van der Waals surface area (Å²) in [5.74, 6) is 0.833. The Morgan fingerprint density at radius 2 is 1.14 bits per heavy atom. The molecule has 3 heteroatoms. The summed E-state index contributed by atoms with van der Waals surface area (Å²) < 4.78 is 0. The second kappa shape index (κ2) is 10.2. The molecule has 0 aromatic carbocycles. The van der Waals surface area contributed by atoms with Gasteiger partial charge in [0.25, 0.3) is 0 Å². The van der Waals surface area contributed by atoms with Crippen LogP contribution in [0.5, 0.6) is 0 Å². The van der Waals surface area contributed by atoms with E-state index in [0.29, 0.717) is 0 Å². The average molecular weight is 157 g/mol. The standard InChI is InChI=1S/C4H10.Al.2ClH.H/c1-4(2)3;;;;/h4H,1-3H3;;2*1H;/q;+2;;;/p-2. The summed E-state index contributed by atoms with van der Waals surface area (Å²) in [7, 11) is 9.81. The first kappa shape index (κ1) is 11.0. The first-order valence-electron chi connectivity index (χ1n) is 2.27. The second-order valence-corrected chi connectivity index (χ2v) is 4.46. The van der Waals surface area contributed by atoms with Crippen molar-refractivity contribution in [1.82, 2.24) is 0 Å². The molecule has 0 aromatic rings. The van der Waals surface area contributed by atoms with E-state index in [0.717, 1.165) is 5.92 Å². The molecule has 44 valence electrons. The molecular weight excluding hydrogens is 146 g/mol. The molecule has 0 unspecified atom stereocenters. The van der Waals surface area contributed by atoms with Gasteiger partial charge in [-0.2, -0.15) is 0 Å². The number of hydrogen-bond acceptors (Lipinski definition) is 0. The molecule has 0 rings (SSSR count). The molecular formula is C4H11AlCl2. The zero-order valence-corrected chi connectivity index (χ0v) is 7.97. The van der Waals surface area contributed by atoms with Crippen LogP contribution in [0.4, 0.5) is 0 Å². The SMILES string of the molecule is CC(C)C.[Cl][AlH][Cl]. The largest absolute Gasteiger partial charge is 0.499 e. The Bertz CT molecular complexity index is 20.9. The molecule has 0 saturated heterocycles. The van der Waals surface area contributed by atoms with Crippen LogP contribution in [0, 0.1) is 5.92 Å². The summed E-state index contributed by atoms with van der Waals surface area (Å²) in [4.78, 5) is 0. The third-order valence-corrected chi connectivity index (χ3v) is 0. The van der Waals surface area contributed by atoms with Gasteiger partial charge >= 0.3 is 13.4 Å². The van der Waals surface area contributed by atoms with E-state index >= 15 is 0 Å². The molecule has 0 atom stereocenters. The third kappa shape index (κ3) is 150. The van der Waals surface area contributed by atoms with Gasteiger partial charge in [-0.1, -0.05) is 20.8 Å². The van der Waals surface area contributed by atoms with E-state index in [1.165, 1.54) is 0 Å². The molecule has 0 fully saturated rings. The molecule has 0 radical (unpaired) electrons. The lowest BCUT2D eigenvalue weighted by Crippen LogP contribution is -1.66. The van der Waals surface area contributed by atoms with Crippen LogP contribution in [0.25, 0.3) is 0 Å². The van der Waals surface area contributed by atoms with Crippen LogP contribution in [0.2, 0.25) is 0 Å². The van der Waals surface area contributed by atoms with Gasteiger partial charge in [-0.15, -0.1) is 0 Å². The monoisotopic (exact) mass is 156 g/mol. The van der Waals surface area contributed by atoms with Crippen LogP contribution >= 0.6 is 20.1 Å². The van der Waals surface area contributed by atoms with Crippen molar-refractivity contribution in [3.63, 3.8) is 0 Å². The van der Waals surface area contributed by atoms with E-state index in [-0.39, 0.29) is 0 Å². The normalized spacial score (nSPS) is 7.14. The topological polar surface area (TPSA) is 0 Å². The van der Waals surface area contributed by atoms with Gasteiger partial charge in [0.15, 0.2) is 0 Å². The van der Waals surface area contributed by atoms with E-state index in [2.05, 4.69) is 20.8 Å². The molecule has 0 aliphatic rings. The van der Waals surface area contributed by atoms with Crippen molar-refractivity contribution in [2.24, 2.45) is 5.92 Å². The van der Waals surface area contributed by atoms with Gasteiger partial charge in [-0.3, -0.25) is 0 Å². The lowest BCUT2D eigenvalue weighted by molar-refractivity contribution is 0.737. The zero-order chi connectivity index (χ0) is 6.28. The van der Waals surface area contributed by atoms with Gasteiger partial charge in [0.05, 0.1) is 0 Å². The van der Waals surface area contributed by atoms with E-state index in [1.54, 1.807) is 0 Å². The van der Waals surface area contributed by atoms with Crippen LogP contribution in [0.3, 0.4) is 0 Å². The summed E-state index contributed by atoms with van der Waals surface area (Å²) >= 11 is -0.639. The minimum atomic E-state index is -0.639. The minimum absolute atomic E-state index is 0.639. The van der Waals surface area contributed by atoms with Crippen LogP contribution in [-0.4, -0.2) is 13.4 Å². The van der Waals surface area contributed by atoms with Gasteiger partial charge in [0.1, 0.15) is 0 Å². The fourth-order valence-corrected chi connectivity index (χ4v) is 0. The summed E-state index contributed by atoms with van der Waals surface area (Å²) in [5, 5.41) is 0. The van der Waals surface area contributed by atoms with Gasteiger partial charge < -0.3 is 0 Å². The number of hydrogen-bond donors (Lipinski definition) is 0. The predicted octanol–water partition coefficient (Wildman–Crippen LogP) is 2.39. The van der Waals surface area contributed by atoms with Gasteiger partial charge in [0.2, 0.25) is 0 Å². The molecule has 0 heterocycles. The predicted molar refractivity (Wildman–Crippen MR) is 39.4 cm³/mol. The Morgan fingerprint density at radius 3 is 1.14 bits per heavy atom. The highest BCUT2D eigenvalue weighted by Gasteiger charge is 1.68. The van der Waals surface area contributed by atoms with Crippen LogP contribution in [0.15, 0.2) is 0 Å². The minimum Gasteiger partial charge on any atom is -0.240 e. The highest BCUT2D eigenvalue weighted by molar-refractivity contribution is 7.22. The second-order valence-electron chi connectivity index (χ2n) is 1.83. The Balaban J connectivity index is 0. The Labute approximate surface area is 60.3 Å². The van der Waals surface area contributed by atoms with Crippen molar-refractivity contribution in [2.75, 3.05) is 0 Å². The molecule has 0 aliphatic heterocycles. The van der Waals surface area contributed by atoms with Crippen LogP contribution < -0.4 is 0 Å². The quantitative estimate of drug-likeness (QED) is 0.473. The summed E-state index contributed by atoms with van der Waals surface area (Å²) in [5.41, 5.74) is 0. The van der Waals surface area contributed by atoms with Crippen molar-refractivity contribution in [2.45, 2.75) is 20.8 Å². The highest BCUT2D eigenvalue weighted by Crippen LogP contribution is 1.81. The number of rotatable bonds is 0. The Kier molecular flexibility index (Phi) is 16.0. The maximum absolute atomic E-state index is 4.90. The summed E-state index contributed by atoms with van der Waals surface area (Å²) in [6.45, 7) is 6.50. The van der Waals surface area contributed by atoms with Crippen molar-refractivity contribution in [3.8, 4) is 0 Å². The van der Waals surface area contributed by atoms with Crippen molar-refractivity contribution >= 4 is 33.5 Å². The van der Waals surface area contributed by atoms with E-state index in [4.69, 9.17) is 20.1 Å². The van der Waals surface area contributed by atoms with Crippen LogP contribution in [0.1, 0.15) is 20.8 Å². The van der Waals surface area contributed by atoms with E-state index in [9.17, 15) is 0 Å². The van der Waals surface area contributed by atoms with Crippen LogP contribution in [-0.2, 0) is 0 Å². The number of halogens is 2. The van der Waals surface area contributed by atoms with Crippen molar-refractivity contribution in [3.05, 3.63) is 0 Å². The molecule has 0 N–H and O–H groups in total. The van der Waals surface area contributed by atoms with Gasteiger partial charge in [0, 0.05) is 0 Å². The lowest BCUT2D eigenvalue weighted by Gasteiger charge is -1.79. The summed E-state index contributed by atoms with van der Waals surface area (Å²) in [6.07, 6.45) is 0. The Hall–Kier alpha value is 1.11. The van der Waals surface area contributed by atoms with Gasteiger partial charge in [-0.05, 0) is 5.92 Å². The third-order valence-electron chi connectivity index (χ3n) is 0. The van der Waals surface area contributed by atoms with E-state index in [1.807, 2.05) is 0 Å². The smallest absolute Gasteiger partial charge is 0.240 e. The van der Waals surface area contributed by atoms with Gasteiger partial charge in [-0.25, -0.2) is 20.1 Å². The molecule has 0 aromatic heterocycles. The molecule has 0 nitrogen and oxygen atoms in total. The van der Waals surface area contributed by atoms with Crippen molar-refractivity contribution in [1.29, 1.82) is 0 Å². The average Bonchev–Trinajstić information content (AvgIpc) is 1.33. The fraction of sp³-hybridized carbons (Fsp3) is 1.00. The molecule has 0 saturated carbocycles. The highest BCUT2D eigenvalue weighted by atomic mass is 35.7. The molecule has 7 heavy (non-hydrogen) atoms. The van der Waals surface area contributed by atoms with Crippen molar-refractivity contribution < 1.29 is 0 Å².